The van der Waals surface area contributed by atoms with E-state index in [1.807, 2.05) is 30.6 Å². The first-order valence-corrected chi connectivity index (χ1v) is 12.8. The van der Waals surface area contributed by atoms with Crippen LogP contribution in [0.5, 0.6) is 5.75 Å². The van der Waals surface area contributed by atoms with Crippen LogP contribution in [-0.4, -0.2) is 16.6 Å². The zero-order valence-corrected chi connectivity index (χ0v) is 19.8. The van der Waals surface area contributed by atoms with E-state index in [9.17, 15) is 5.26 Å². The van der Waals surface area contributed by atoms with Crippen LogP contribution < -0.4 is 4.74 Å². The zero-order chi connectivity index (χ0) is 22.4. The molecule has 1 aromatic carbocycles. The summed E-state index contributed by atoms with van der Waals surface area (Å²) in [4.78, 5) is 9.12. The predicted molar refractivity (Wildman–Crippen MR) is 131 cm³/mol. The van der Waals surface area contributed by atoms with Gasteiger partial charge in [-0.3, -0.25) is 0 Å². The Labute approximate surface area is 194 Å². The molecule has 1 saturated carbocycles. The Balaban J connectivity index is 1.46. The van der Waals surface area contributed by atoms with Crippen LogP contribution >= 0.6 is 0 Å². The van der Waals surface area contributed by atoms with Gasteiger partial charge < -0.3 is 4.74 Å². The molecule has 1 heterocycles. The average Bonchev–Trinajstić information content (AvgIpc) is 2.85. The maximum atomic E-state index is 9.60. The summed E-state index contributed by atoms with van der Waals surface area (Å²) in [5.41, 5.74) is 2.61. The van der Waals surface area contributed by atoms with Gasteiger partial charge in [-0.05, 0) is 55.4 Å². The van der Waals surface area contributed by atoms with Gasteiger partial charge in [0.15, 0.2) is 5.82 Å². The van der Waals surface area contributed by atoms with Crippen LogP contribution in [0.4, 0.5) is 0 Å². The Hall–Kier alpha value is -2.41. The van der Waals surface area contributed by atoms with E-state index in [1.165, 1.54) is 89.0 Å². The van der Waals surface area contributed by atoms with Gasteiger partial charge in [-0.25, -0.2) is 9.97 Å². The minimum atomic E-state index is 0.560. The third-order valence-corrected chi connectivity index (χ3v) is 6.58. The maximum absolute atomic E-state index is 9.60. The van der Waals surface area contributed by atoms with E-state index >= 15 is 0 Å². The van der Waals surface area contributed by atoms with Crippen molar-refractivity contribution in [2.24, 2.45) is 5.92 Å². The average molecular weight is 434 g/mol. The quantitative estimate of drug-likeness (QED) is 0.304. The van der Waals surface area contributed by atoms with Crippen LogP contribution in [0.2, 0.25) is 0 Å². The molecule has 172 valence electrons. The second-order valence-electron chi connectivity index (χ2n) is 9.28. The number of unbranched alkanes of at least 4 members (excludes halogenated alkanes) is 7. The van der Waals surface area contributed by atoms with Crippen LogP contribution in [0.15, 0.2) is 30.6 Å². The fourth-order valence-electron chi connectivity index (χ4n) is 4.54. The fraction of sp³-hybridized carbons (Fsp3) is 0.607. The third kappa shape index (κ3) is 7.93. The first kappa shape index (κ1) is 24.2. The van der Waals surface area contributed by atoms with Crippen molar-refractivity contribution in [1.82, 2.24) is 9.97 Å². The summed E-state index contributed by atoms with van der Waals surface area (Å²) in [6, 6.07) is 7.99. The van der Waals surface area contributed by atoms with Crippen molar-refractivity contribution in [3.8, 4) is 23.2 Å². The Bertz CT molecular complexity index is 835. The van der Waals surface area contributed by atoms with Gasteiger partial charge in [0, 0.05) is 18.0 Å². The third-order valence-electron chi connectivity index (χ3n) is 6.58. The van der Waals surface area contributed by atoms with Gasteiger partial charge in [-0.1, -0.05) is 71.1 Å². The van der Waals surface area contributed by atoms with E-state index in [0.717, 1.165) is 12.0 Å². The molecule has 0 amide bonds. The highest BCUT2D eigenvalue weighted by Gasteiger charge is 2.15. The van der Waals surface area contributed by atoms with Crippen molar-refractivity contribution in [2.45, 2.75) is 96.8 Å². The summed E-state index contributed by atoms with van der Waals surface area (Å²) in [6.07, 6.45) is 21.9. The highest BCUT2D eigenvalue weighted by Crippen LogP contribution is 2.28. The second-order valence-corrected chi connectivity index (χ2v) is 9.28. The molecule has 32 heavy (non-hydrogen) atoms. The highest BCUT2D eigenvalue weighted by molar-refractivity contribution is 5.61. The topological polar surface area (TPSA) is 58.8 Å². The van der Waals surface area contributed by atoms with Crippen LogP contribution in [0.3, 0.4) is 0 Å². The minimum absolute atomic E-state index is 0.560. The highest BCUT2D eigenvalue weighted by atomic mass is 16.5. The van der Waals surface area contributed by atoms with E-state index in [-0.39, 0.29) is 0 Å². The number of hydrogen-bond acceptors (Lipinski definition) is 4. The lowest BCUT2D eigenvalue weighted by Crippen LogP contribution is -2.15. The van der Waals surface area contributed by atoms with Gasteiger partial charge in [0.1, 0.15) is 11.8 Å². The Kier molecular flexibility index (Phi) is 10.5. The monoisotopic (exact) mass is 433 g/mol. The molecule has 0 N–H and O–H groups in total. The van der Waals surface area contributed by atoms with Crippen molar-refractivity contribution in [2.75, 3.05) is 6.61 Å². The number of ether oxygens (including phenoxy) is 1. The number of hydrogen-bond donors (Lipinski definition) is 0. The fourth-order valence-corrected chi connectivity index (χ4v) is 4.54. The normalized spacial score (nSPS) is 14.2. The summed E-state index contributed by atoms with van der Waals surface area (Å²) in [5.74, 6) is 1.96. The predicted octanol–water partition coefficient (Wildman–Crippen LogP) is 7.66. The van der Waals surface area contributed by atoms with Gasteiger partial charge in [-0.2, -0.15) is 5.26 Å². The van der Waals surface area contributed by atoms with E-state index in [2.05, 4.69) is 23.0 Å². The SMILES string of the molecule is CCCCCCCCCCc1cnc(-c2ccc(OCC3CCCCC3)c(C#N)c2)nc1. The molecule has 1 fully saturated rings. The number of benzene rings is 1. The molecule has 1 aliphatic rings. The van der Waals surface area contributed by atoms with E-state index in [0.29, 0.717) is 29.7 Å². The van der Waals surface area contributed by atoms with Crippen molar-refractivity contribution >= 4 is 0 Å². The van der Waals surface area contributed by atoms with E-state index < -0.39 is 0 Å². The molecule has 0 aliphatic heterocycles. The summed E-state index contributed by atoms with van der Waals surface area (Å²) < 4.78 is 6.01. The van der Waals surface area contributed by atoms with Crippen molar-refractivity contribution < 1.29 is 4.74 Å². The number of rotatable bonds is 13. The summed E-state index contributed by atoms with van der Waals surface area (Å²) in [6.45, 7) is 2.97. The Morgan fingerprint density at radius 1 is 0.938 bits per heavy atom. The van der Waals surface area contributed by atoms with Gasteiger partial charge in [-0.15, -0.1) is 0 Å². The molecule has 0 saturated heterocycles. The molecule has 0 radical (unpaired) electrons. The van der Waals surface area contributed by atoms with E-state index in [4.69, 9.17) is 4.74 Å². The molecule has 0 atom stereocenters. The summed E-state index contributed by atoms with van der Waals surface area (Å²) >= 11 is 0. The van der Waals surface area contributed by atoms with Crippen molar-refractivity contribution in [3.05, 3.63) is 41.7 Å². The molecular weight excluding hydrogens is 394 g/mol. The second kappa shape index (κ2) is 13.9. The van der Waals surface area contributed by atoms with Crippen LogP contribution in [0.25, 0.3) is 11.4 Å². The smallest absolute Gasteiger partial charge is 0.159 e. The minimum Gasteiger partial charge on any atom is -0.492 e. The number of aromatic nitrogens is 2. The first-order chi connectivity index (χ1) is 15.8. The Morgan fingerprint density at radius 3 is 2.31 bits per heavy atom. The van der Waals surface area contributed by atoms with Crippen molar-refractivity contribution in [1.29, 1.82) is 5.26 Å². The van der Waals surface area contributed by atoms with Gasteiger partial charge in [0.25, 0.3) is 0 Å². The maximum Gasteiger partial charge on any atom is 0.159 e. The molecule has 4 heteroatoms. The van der Waals surface area contributed by atoms with Crippen LogP contribution in [0, 0.1) is 17.2 Å². The standard InChI is InChI=1S/C28H39N3O/c1-2-3-4-5-6-7-8-10-15-24-20-30-28(31-21-24)25-16-17-27(26(18-25)19-29)32-22-23-13-11-9-12-14-23/h16-18,20-21,23H,2-15,22H2,1H3. The lowest BCUT2D eigenvalue weighted by atomic mass is 9.90. The number of nitriles is 1. The lowest BCUT2D eigenvalue weighted by Gasteiger charge is -2.22. The number of aryl methyl sites for hydroxylation is 1. The van der Waals surface area contributed by atoms with Gasteiger partial charge in [0.05, 0.1) is 12.2 Å². The molecule has 2 aromatic rings. The molecule has 0 spiro atoms. The van der Waals surface area contributed by atoms with Crippen LogP contribution in [0.1, 0.15) is 102 Å². The molecule has 1 aliphatic carbocycles. The van der Waals surface area contributed by atoms with Gasteiger partial charge in [0.2, 0.25) is 0 Å². The molecule has 0 unspecified atom stereocenters. The van der Waals surface area contributed by atoms with E-state index in [1.54, 1.807) is 0 Å². The number of nitrogens with zero attached hydrogens (tertiary/aromatic N) is 3. The largest absolute Gasteiger partial charge is 0.492 e. The molecule has 1 aromatic heterocycles. The summed E-state index contributed by atoms with van der Waals surface area (Å²) in [7, 11) is 0. The molecular formula is C28H39N3O. The molecule has 3 rings (SSSR count). The van der Waals surface area contributed by atoms with Crippen LogP contribution in [-0.2, 0) is 6.42 Å². The molecule has 0 bridgehead atoms. The zero-order valence-electron chi connectivity index (χ0n) is 19.8. The molecule has 4 nitrogen and oxygen atoms in total. The van der Waals surface area contributed by atoms with Crippen molar-refractivity contribution in [3.63, 3.8) is 0 Å². The first-order valence-electron chi connectivity index (χ1n) is 12.8. The lowest BCUT2D eigenvalue weighted by molar-refractivity contribution is 0.208. The Morgan fingerprint density at radius 2 is 1.62 bits per heavy atom. The summed E-state index contributed by atoms with van der Waals surface area (Å²) in [5, 5.41) is 9.60. The van der Waals surface area contributed by atoms with Gasteiger partial charge >= 0.3 is 0 Å².